The lowest BCUT2D eigenvalue weighted by Gasteiger charge is -2.42. The van der Waals surface area contributed by atoms with Gasteiger partial charge < -0.3 is 9.53 Å². The van der Waals surface area contributed by atoms with Crippen molar-refractivity contribution in [1.29, 1.82) is 0 Å². The molecule has 0 aromatic heterocycles. The van der Waals surface area contributed by atoms with Crippen molar-refractivity contribution in [3.8, 4) is 5.75 Å². The number of carbonyl (C=O) groups excluding carboxylic acids is 1. The minimum Gasteiger partial charge on any atom is -0.489 e. The van der Waals surface area contributed by atoms with E-state index in [0.29, 0.717) is 12.5 Å². The highest BCUT2D eigenvalue weighted by Gasteiger charge is 2.40. The Morgan fingerprint density at radius 2 is 1.61 bits per heavy atom. The fraction of sp³-hybridized carbons (Fsp3) is 0.500. The fourth-order valence-electron chi connectivity index (χ4n) is 4.63. The summed E-state index contributed by atoms with van der Waals surface area (Å²) >= 11 is 0. The first-order valence-electron chi connectivity index (χ1n) is 10.6. The van der Waals surface area contributed by atoms with Crippen LogP contribution in [0.3, 0.4) is 0 Å². The van der Waals surface area contributed by atoms with Gasteiger partial charge in [0.2, 0.25) is 0 Å². The molecule has 0 bridgehead atoms. The largest absolute Gasteiger partial charge is 0.489 e. The van der Waals surface area contributed by atoms with E-state index >= 15 is 0 Å². The van der Waals surface area contributed by atoms with Gasteiger partial charge >= 0.3 is 0 Å². The van der Waals surface area contributed by atoms with Gasteiger partial charge in [0.15, 0.2) is 0 Å². The number of hydrogen-bond acceptors (Lipinski definition) is 2. The van der Waals surface area contributed by atoms with Gasteiger partial charge in [-0.15, -0.1) is 0 Å². The second-order valence-corrected chi connectivity index (χ2v) is 9.98. The van der Waals surface area contributed by atoms with Gasteiger partial charge in [0.1, 0.15) is 18.6 Å². The zero-order valence-corrected chi connectivity index (χ0v) is 17.6. The maximum Gasteiger partial charge on any atom is 0.127 e. The van der Waals surface area contributed by atoms with Crippen molar-refractivity contribution in [2.75, 3.05) is 0 Å². The third-order valence-corrected chi connectivity index (χ3v) is 6.86. The molecule has 28 heavy (non-hydrogen) atoms. The van der Waals surface area contributed by atoms with Crippen LogP contribution in [0.25, 0.3) is 0 Å². The maximum atomic E-state index is 12.0. The molecular weight excluding hydrogens is 344 g/mol. The van der Waals surface area contributed by atoms with Crippen LogP contribution in [0.1, 0.15) is 81.5 Å². The van der Waals surface area contributed by atoms with E-state index in [9.17, 15) is 4.79 Å². The van der Waals surface area contributed by atoms with Gasteiger partial charge in [-0.3, -0.25) is 0 Å². The number of fused-ring (bicyclic) bond motifs is 1. The van der Waals surface area contributed by atoms with Crippen molar-refractivity contribution in [1.82, 2.24) is 0 Å². The quantitative estimate of drug-likeness (QED) is 0.552. The monoisotopic (exact) mass is 376 g/mol. The van der Waals surface area contributed by atoms with Crippen LogP contribution in [0.2, 0.25) is 0 Å². The van der Waals surface area contributed by atoms with Crippen LogP contribution >= 0.6 is 0 Å². The summed E-state index contributed by atoms with van der Waals surface area (Å²) < 4.78 is 6.35. The molecule has 1 saturated carbocycles. The molecule has 1 unspecified atom stereocenters. The SMILES string of the molecule is CC1(C)CCC(C)(C)c2cc(C(C=O)C3CC3)c(OCc3ccccc3)cc21. The summed E-state index contributed by atoms with van der Waals surface area (Å²) in [6.45, 7) is 9.87. The molecule has 0 aliphatic heterocycles. The first-order valence-corrected chi connectivity index (χ1v) is 10.6. The molecule has 0 saturated heterocycles. The predicted octanol–water partition coefficient (Wildman–Crippen LogP) is 6.31. The van der Waals surface area contributed by atoms with Gasteiger partial charge in [-0.05, 0) is 65.2 Å². The van der Waals surface area contributed by atoms with Crippen LogP contribution in [0.5, 0.6) is 5.75 Å². The minimum atomic E-state index is -0.0445. The van der Waals surface area contributed by atoms with Gasteiger partial charge in [-0.25, -0.2) is 0 Å². The molecule has 0 radical (unpaired) electrons. The van der Waals surface area contributed by atoms with Gasteiger partial charge in [-0.1, -0.05) is 64.1 Å². The van der Waals surface area contributed by atoms with Crippen LogP contribution in [-0.4, -0.2) is 6.29 Å². The van der Waals surface area contributed by atoms with Gasteiger partial charge in [0, 0.05) is 11.5 Å². The zero-order valence-electron chi connectivity index (χ0n) is 17.6. The van der Waals surface area contributed by atoms with Crippen LogP contribution in [0.4, 0.5) is 0 Å². The van der Waals surface area contributed by atoms with Gasteiger partial charge in [0.05, 0.1) is 0 Å². The van der Waals surface area contributed by atoms with E-state index in [1.165, 1.54) is 24.0 Å². The molecule has 0 amide bonds. The number of carbonyl (C=O) groups is 1. The highest BCUT2D eigenvalue weighted by atomic mass is 16.5. The molecule has 2 aliphatic rings. The Morgan fingerprint density at radius 3 is 2.18 bits per heavy atom. The number of aldehydes is 1. The summed E-state index contributed by atoms with van der Waals surface area (Å²) in [7, 11) is 0. The smallest absolute Gasteiger partial charge is 0.127 e. The molecule has 0 heterocycles. The Hall–Kier alpha value is -2.09. The molecule has 2 aromatic rings. The normalized spacial score (nSPS) is 20.9. The molecule has 2 nitrogen and oxygen atoms in total. The molecule has 1 atom stereocenters. The van der Waals surface area contributed by atoms with E-state index in [0.717, 1.165) is 36.0 Å². The number of rotatable bonds is 6. The summed E-state index contributed by atoms with van der Waals surface area (Å²) in [5.74, 6) is 1.34. The highest BCUT2D eigenvalue weighted by molar-refractivity contribution is 5.67. The van der Waals surface area contributed by atoms with E-state index < -0.39 is 0 Å². The predicted molar refractivity (Wildman–Crippen MR) is 114 cm³/mol. The Kier molecular flexibility index (Phi) is 4.85. The Morgan fingerprint density at radius 1 is 1.00 bits per heavy atom. The Labute approximate surface area is 169 Å². The standard InChI is InChI=1S/C26H32O2/c1-25(2)12-13-26(3,4)23-15-24(28-17-18-8-6-5-7-9-18)20(14-22(23)25)21(16-27)19-10-11-19/h5-9,14-16,19,21H,10-13,17H2,1-4H3. The Balaban J connectivity index is 1.79. The van der Waals surface area contributed by atoms with Gasteiger partial charge in [0.25, 0.3) is 0 Å². The number of hydrogen-bond donors (Lipinski definition) is 0. The lowest BCUT2D eigenvalue weighted by Crippen LogP contribution is -2.34. The third-order valence-electron chi connectivity index (χ3n) is 6.86. The minimum absolute atomic E-state index is 0.0445. The summed E-state index contributed by atoms with van der Waals surface area (Å²) in [5, 5.41) is 0. The molecule has 0 spiro atoms. The highest BCUT2D eigenvalue weighted by Crippen LogP contribution is 2.51. The average Bonchev–Trinajstić information content (AvgIpc) is 3.51. The number of ether oxygens (including phenoxy) is 1. The van der Waals surface area contributed by atoms with Crippen LogP contribution in [0.15, 0.2) is 42.5 Å². The van der Waals surface area contributed by atoms with E-state index in [1.807, 2.05) is 18.2 Å². The van der Waals surface area contributed by atoms with Crippen LogP contribution < -0.4 is 4.74 Å². The van der Waals surface area contributed by atoms with Crippen molar-refractivity contribution >= 4 is 6.29 Å². The summed E-state index contributed by atoms with van der Waals surface area (Å²) in [6.07, 6.45) is 5.78. The molecule has 0 N–H and O–H groups in total. The fourth-order valence-corrected chi connectivity index (χ4v) is 4.63. The third kappa shape index (κ3) is 3.62. The second kappa shape index (κ2) is 7.06. The Bertz CT molecular complexity index is 860. The molecule has 2 aliphatic carbocycles. The molecule has 1 fully saturated rings. The van der Waals surface area contributed by atoms with E-state index in [-0.39, 0.29) is 16.7 Å². The van der Waals surface area contributed by atoms with Crippen molar-refractivity contribution in [2.45, 2.75) is 76.7 Å². The second-order valence-electron chi connectivity index (χ2n) is 9.98. The molecule has 4 rings (SSSR count). The molecule has 2 aromatic carbocycles. The van der Waals surface area contributed by atoms with E-state index in [4.69, 9.17) is 4.74 Å². The molecular formula is C26H32O2. The van der Waals surface area contributed by atoms with Crippen LogP contribution in [-0.2, 0) is 22.2 Å². The van der Waals surface area contributed by atoms with Crippen molar-refractivity contribution < 1.29 is 9.53 Å². The van der Waals surface area contributed by atoms with E-state index in [2.05, 4.69) is 52.0 Å². The molecule has 148 valence electrons. The first-order chi connectivity index (χ1) is 13.3. The average molecular weight is 377 g/mol. The van der Waals surface area contributed by atoms with Crippen molar-refractivity contribution in [2.24, 2.45) is 5.92 Å². The van der Waals surface area contributed by atoms with Crippen molar-refractivity contribution in [3.05, 3.63) is 64.7 Å². The summed E-state index contributed by atoms with van der Waals surface area (Å²) in [6, 6.07) is 14.8. The lowest BCUT2D eigenvalue weighted by atomic mass is 9.62. The first kappa shape index (κ1) is 19.2. The zero-order chi connectivity index (χ0) is 19.9. The molecule has 2 heteroatoms. The lowest BCUT2D eigenvalue weighted by molar-refractivity contribution is -0.109. The summed E-state index contributed by atoms with van der Waals surface area (Å²) in [4.78, 5) is 12.0. The van der Waals surface area contributed by atoms with Crippen molar-refractivity contribution in [3.63, 3.8) is 0 Å². The topological polar surface area (TPSA) is 26.3 Å². The maximum absolute atomic E-state index is 12.0. The van der Waals surface area contributed by atoms with Gasteiger partial charge in [-0.2, -0.15) is 0 Å². The van der Waals surface area contributed by atoms with Crippen LogP contribution in [0, 0.1) is 5.92 Å². The summed E-state index contributed by atoms with van der Waals surface area (Å²) in [5.41, 5.74) is 5.30. The van der Waals surface area contributed by atoms with E-state index in [1.54, 1.807) is 0 Å². The number of benzene rings is 2.